The highest BCUT2D eigenvalue weighted by Crippen LogP contribution is 2.12. The van der Waals surface area contributed by atoms with E-state index in [0.717, 1.165) is 18.1 Å². The predicted molar refractivity (Wildman–Crippen MR) is 111 cm³/mol. The summed E-state index contributed by atoms with van der Waals surface area (Å²) in [5.41, 5.74) is 3.55. The second-order valence-corrected chi connectivity index (χ2v) is 5.61. The molecule has 0 aromatic heterocycles. The molecule has 2 aromatic carbocycles. The minimum atomic E-state index is -0.397. The Balaban J connectivity index is 0.00000312. The summed E-state index contributed by atoms with van der Waals surface area (Å²) in [4.78, 5) is 16.6. The Morgan fingerprint density at radius 2 is 1.84 bits per heavy atom. The standard InChI is InChI=1S/C18H22N4O2.HI/c1-14-6-4-5-7-16(14)13-21(3)18(19-2)20-12-15-8-10-17(11-9-15)22(23)24;/h4-11H,12-13H2,1-3H3,(H,19,20);1H. The van der Waals surface area contributed by atoms with E-state index >= 15 is 0 Å². The highest BCUT2D eigenvalue weighted by Gasteiger charge is 2.09. The number of halogens is 1. The molecular formula is C18H23IN4O2. The van der Waals surface area contributed by atoms with E-state index in [-0.39, 0.29) is 29.7 Å². The van der Waals surface area contributed by atoms with Gasteiger partial charge in [0.25, 0.3) is 5.69 Å². The van der Waals surface area contributed by atoms with Gasteiger partial charge in [0.1, 0.15) is 0 Å². The van der Waals surface area contributed by atoms with Crippen molar-refractivity contribution in [2.75, 3.05) is 14.1 Å². The number of nitro groups is 1. The van der Waals surface area contributed by atoms with Gasteiger partial charge in [-0.3, -0.25) is 15.1 Å². The lowest BCUT2D eigenvalue weighted by Gasteiger charge is -2.23. The molecule has 0 aliphatic heterocycles. The first-order chi connectivity index (χ1) is 11.5. The van der Waals surface area contributed by atoms with Crippen LogP contribution in [0.5, 0.6) is 0 Å². The molecule has 0 spiro atoms. The first-order valence-electron chi connectivity index (χ1n) is 7.71. The zero-order valence-electron chi connectivity index (χ0n) is 14.6. The molecule has 0 bridgehead atoms. The highest BCUT2D eigenvalue weighted by molar-refractivity contribution is 14.0. The van der Waals surface area contributed by atoms with Crippen LogP contribution in [0.15, 0.2) is 53.5 Å². The van der Waals surface area contributed by atoms with E-state index in [1.54, 1.807) is 19.2 Å². The summed E-state index contributed by atoms with van der Waals surface area (Å²) in [6.45, 7) is 3.41. The lowest BCUT2D eigenvalue weighted by atomic mass is 10.1. The maximum absolute atomic E-state index is 10.7. The van der Waals surface area contributed by atoms with Crippen LogP contribution >= 0.6 is 24.0 Å². The summed E-state index contributed by atoms with van der Waals surface area (Å²) in [7, 11) is 3.73. The molecule has 0 atom stereocenters. The summed E-state index contributed by atoms with van der Waals surface area (Å²) in [6.07, 6.45) is 0. The van der Waals surface area contributed by atoms with Gasteiger partial charge in [0.05, 0.1) is 4.92 Å². The van der Waals surface area contributed by atoms with Crippen LogP contribution in [-0.4, -0.2) is 29.9 Å². The van der Waals surface area contributed by atoms with Crippen molar-refractivity contribution < 1.29 is 4.92 Å². The summed E-state index contributed by atoms with van der Waals surface area (Å²) in [5.74, 6) is 0.775. The Morgan fingerprint density at radius 3 is 2.40 bits per heavy atom. The molecule has 0 aliphatic carbocycles. The largest absolute Gasteiger partial charge is 0.352 e. The molecule has 6 nitrogen and oxygen atoms in total. The van der Waals surface area contributed by atoms with Gasteiger partial charge in [-0.15, -0.1) is 24.0 Å². The number of hydrogen-bond acceptors (Lipinski definition) is 3. The molecule has 0 fully saturated rings. The number of nitrogens with zero attached hydrogens (tertiary/aromatic N) is 3. The second kappa shape index (κ2) is 9.97. The first-order valence-corrected chi connectivity index (χ1v) is 7.71. The van der Waals surface area contributed by atoms with Crippen molar-refractivity contribution in [3.8, 4) is 0 Å². The Hall–Kier alpha value is -2.16. The average molecular weight is 454 g/mol. The molecular weight excluding hydrogens is 431 g/mol. The van der Waals surface area contributed by atoms with E-state index in [4.69, 9.17) is 0 Å². The van der Waals surface area contributed by atoms with Crippen LogP contribution in [-0.2, 0) is 13.1 Å². The van der Waals surface area contributed by atoms with Gasteiger partial charge in [0.15, 0.2) is 5.96 Å². The van der Waals surface area contributed by atoms with Gasteiger partial charge in [-0.1, -0.05) is 36.4 Å². The lowest BCUT2D eigenvalue weighted by molar-refractivity contribution is -0.384. The molecule has 2 aromatic rings. The lowest BCUT2D eigenvalue weighted by Crippen LogP contribution is -2.38. The molecule has 0 saturated carbocycles. The average Bonchev–Trinajstić information content (AvgIpc) is 2.58. The van der Waals surface area contributed by atoms with Crippen LogP contribution < -0.4 is 5.32 Å². The molecule has 7 heteroatoms. The zero-order valence-corrected chi connectivity index (χ0v) is 16.9. The van der Waals surface area contributed by atoms with Crippen LogP contribution in [0.2, 0.25) is 0 Å². The van der Waals surface area contributed by atoms with Gasteiger partial charge in [0, 0.05) is 39.3 Å². The van der Waals surface area contributed by atoms with E-state index in [1.807, 2.05) is 24.1 Å². The Morgan fingerprint density at radius 1 is 1.20 bits per heavy atom. The summed E-state index contributed by atoms with van der Waals surface area (Å²) < 4.78 is 0. The van der Waals surface area contributed by atoms with Gasteiger partial charge < -0.3 is 10.2 Å². The van der Waals surface area contributed by atoms with Crippen LogP contribution in [0.4, 0.5) is 5.69 Å². The Labute approximate surface area is 165 Å². The number of non-ortho nitro benzene ring substituents is 1. The summed E-state index contributed by atoms with van der Waals surface area (Å²) in [6, 6.07) is 14.8. The summed E-state index contributed by atoms with van der Waals surface area (Å²) in [5, 5.41) is 14.0. The van der Waals surface area contributed by atoms with Crippen LogP contribution in [0.25, 0.3) is 0 Å². The van der Waals surface area contributed by atoms with Gasteiger partial charge in [0.2, 0.25) is 0 Å². The number of nitrogens with one attached hydrogen (secondary N) is 1. The fourth-order valence-corrected chi connectivity index (χ4v) is 2.42. The van der Waals surface area contributed by atoms with Crippen LogP contribution in [0, 0.1) is 17.0 Å². The normalized spacial score (nSPS) is 10.8. The number of hydrogen-bond donors (Lipinski definition) is 1. The minimum Gasteiger partial charge on any atom is -0.352 e. The van der Waals surface area contributed by atoms with Crippen molar-refractivity contribution in [2.24, 2.45) is 4.99 Å². The van der Waals surface area contributed by atoms with Crippen molar-refractivity contribution in [1.82, 2.24) is 10.2 Å². The van der Waals surface area contributed by atoms with E-state index in [0.29, 0.717) is 6.54 Å². The zero-order chi connectivity index (χ0) is 17.5. The third-order valence-corrected chi connectivity index (χ3v) is 3.84. The van der Waals surface area contributed by atoms with E-state index < -0.39 is 4.92 Å². The quantitative estimate of drug-likeness (QED) is 0.246. The Bertz CT molecular complexity index is 732. The fourth-order valence-electron chi connectivity index (χ4n) is 2.42. The minimum absolute atomic E-state index is 0. The third kappa shape index (κ3) is 6.00. The third-order valence-electron chi connectivity index (χ3n) is 3.84. The summed E-state index contributed by atoms with van der Waals surface area (Å²) >= 11 is 0. The molecule has 1 N–H and O–H groups in total. The van der Waals surface area contributed by atoms with Gasteiger partial charge in [-0.25, -0.2) is 0 Å². The molecule has 2 rings (SSSR count). The van der Waals surface area contributed by atoms with E-state index in [2.05, 4.69) is 29.4 Å². The molecule has 0 saturated heterocycles. The molecule has 0 unspecified atom stereocenters. The maximum Gasteiger partial charge on any atom is 0.269 e. The topological polar surface area (TPSA) is 70.8 Å². The monoisotopic (exact) mass is 454 g/mol. The van der Waals surface area contributed by atoms with Crippen molar-refractivity contribution >= 4 is 35.6 Å². The fraction of sp³-hybridized carbons (Fsp3) is 0.278. The first kappa shape index (κ1) is 20.9. The molecule has 0 heterocycles. The van der Waals surface area contributed by atoms with Gasteiger partial charge >= 0.3 is 0 Å². The molecule has 0 radical (unpaired) electrons. The van der Waals surface area contributed by atoms with E-state index in [9.17, 15) is 10.1 Å². The number of nitro benzene ring substituents is 1. The van der Waals surface area contributed by atoms with Crippen molar-refractivity contribution in [1.29, 1.82) is 0 Å². The molecule has 0 amide bonds. The molecule has 25 heavy (non-hydrogen) atoms. The van der Waals surface area contributed by atoms with Gasteiger partial charge in [-0.05, 0) is 23.6 Å². The molecule has 0 aliphatic rings. The number of aliphatic imine (C=N–C) groups is 1. The SMILES string of the molecule is CN=C(NCc1ccc([N+](=O)[O-])cc1)N(C)Cc1ccccc1C.I. The Kier molecular flexibility index (Phi) is 8.33. The van der Waals surface area contributed by atoms with Crippen molar-refractivity contribution in [3.05, 3.63) is 75.3 Å². The van der Waals surface area contributed by atoms with Crippen molar-refractivity contribution in [3.63, 3.8) is 0 Å². The number of rotatable bonds is 5. The number of benzene rings is 2. The van der Waals surface area contributed by atoms with E-state index in [1.165, 1.54) is 23.3 Å². The number of aryl methyl sites for hydroxylation is 1. The van der Waals surface area contributed by atoms with Gasteiger partial charge in [-0.2, -0.15) is 0 Å². The maximum atomic E-state index is 10.7. The second-order valence-electron chi connectivity index (χ2n) is 5.61. The van der Waals surface area contributed by atoms with Crippen molar-refractivity contribution in [2.45, 2.75) is 20.0 Å². The number of guanidine groups is 1. The highest BCUT2D eigenvalue weighted by atomic mass is 127. The predicted octanol–water partition coefficient (Wildman–Crippen LogP) is 3.73. The van der Waals surface area contributed by atoms with Crippen LogP contribution in [0.3, 0.4) is 0 Å². The smallest absolute Gasteiger partial charge is 0.269 e. The van der Waals surface area contributed by atoms with Crippen LogP contribution in [0.1, 0.15) is 16.7 Å². The molecule has 134 valence electrons.